The van der Waals surface area contributed by atoms with Gasteiger partial charge in [-0.15, -0.1) is 0 Å². The van der Waals surface area contributed by atoms with E-state index in [2.05, 4.69) is 54.7 Å². The molecule has 0 saturated carbocycles. The molecule has 2 aromatic carbocycles. The van der Waals surface area contributed by atoms with Crippen molar-refractivity contribution in [2.24, 2.45) is 0 Å². The van der Waals surface area contributed by atoms with E-state index in [0.29, 0.717) is 6.04 Å². The van der Waals surface area contributed by atoms with Gasteiger partial charge in [-0.3, -0.25) is 0 Å². The van der Waals surface area contributed by atoms with Crippen molar-refractivity contribution in [2.45, 2.75) is 32.4 Å². The van der Waals surface area contributed by atoms with Gasteiger partial charge in [0, 0.05) is 12.6 Å². The minimum Gasteiger partial charge on any atom is -0.497 e. The summed E-state index contributed by atoms with van der Waals surface area (Å²) in [5.41, 5.74) is 2.67. The summed E-state index contributed by atoms with van der Waals surface area (Å²) in [7, 11) is 1.70. The van der Waals surface area contributed by atoms with Crippen LogP contribution in [0.15, 0.2) is 54.6 Å². The maximum Gasteiger partial charge on any atom is 0.119 e. The fourth-order valence-corrected chi connectivity index (χ4v) is 2.20. The summed E-state index contributed by atoms with van der Waals surface area (Å²) in [6.07, 6.45) is 2.26. The van der Waals surface area contributed by atoms with Crippen LogP contribution in [-0.2, 0) is 13.0 Å². The number of nitrogens with one attached hydrogen (secondary N) is 1. The Hall–Kier alpha value is -1.80. The van der Waals surface area contributed by atoms with Crippen LogP contribution in [0.3, 0.4) is 0 Å². The van der Waals surface area contributed by atoms with Crippen molar-refractivity contribution in [3.05, 3.63) is 65.7 Å². The molecule has 0 fully saturated rings. The van der Waals surface area contributed by atoms with Crippen molar-refractivity contribution in [3.8, 4) is 5.75 Å². The molecule has 106 valence electrons. The second kappa shape index (κ2) is 7.71. The third-order valence-corrected chi connectivity index (χ3v) is 3.50. The summed E-state index contributed by atoms with van der Waals surface area (Å²) >= 11 is 0. The predicted octanol–water partition coefficient (Wildman–Crippen LogP) is 3.81. The smallest absolute Gasteiger partial charge is 0.119 e. The Balaban J connectivity index is 1.75. The molecule has 0 bridgehead atoms. The summed E-state index contributed by atoms with van der Waals surface area (Å²) in [4.78, 5) is 0. The summed E-state index contributed by atoms with van der Waals surface area (Å²) < 4.78 is 5.24. The topological polar surface area (TPSA) is 21.3 Å². The third kappa shape index (κ3) is 4.71. The molecule has 0 aromatic heterocycles. The van der Waals surface area contributed by atoms with E-state index >= 15 is 0 Å². The fraction of sp³-hybridized carbons (Fsp3) is 0.333. The minimum atomic E-state index is 0.501. The molecule has 0 saturated heterocycles. The normalized spacial score (nSPS) is 12.1. The average Bonchev–Trinajstić information content (AvgIpc) is 2.52. The van der Waals surface area contributed by atoms with Crippen molar-refractivity contribution < 1.29 is 4.74 Å². The largest absolute Gasteiger partial charge is 0.497 e. The van der Waals surface area contributed by atoms with Gasteiger partial charge >= 0.3 is 0 Å². The molecular weight excluding hydrogens is 246 g/mol. The quantitative estimate of drug-likeness (QED) is 0.825. The molecule has 2 rings (SSSR count). The Morgan fingerprint density at radius 3 is 2.50 bits per heavy atom. The predicted molar refractivity (Wildman–Crippen MR) is 84.1 cm³/mol. The number of aryl methyl sites for hydroxylation is 1. The Morgan fingerprint density at radius 2 is 1.75 bits per heavy atom. The molecule has 0 amide bonds. The van der Waals surface area contributed by atoms with Crippen LogP contribution in [0.1, 0.15) is 24.5 Å². The van der Waals surface area contributed by atoms with Crippen molar-refractivity contribution in [2.75, 3.05) is 7.11 Å². The first-order chi connectivity index (χ1) is 9.78. The van der Waals surface area contributed by atoms with E-state index < -0.39 is 0 Å². The molecular formula is C18H23NO. The van der Waals surface area contributed by atoms with Crippen LogP contribution in [0, 0.1) is 0 Å². The number of methoxy groups -OCH3 is 1. The molecule has 0 aliphatic heterocycles. The number of ether oxygens (including phenoxy) is 1. The maximum absolute atomic E-state index is 5.24. The van der Waals surface area contributed by atoms with Gasteiger partial charge in [-0.25, -0.2) is 0 Å². The number of benzene rings is 2. The Morgan fingerprint density at radius 1 is 1.00 bits per heavy atom. The first-order valence-corrected chi connectivity index (χ1v) is 7.18. The molecule has 2 nitrogen and oxygen atoms in total. The molecule has 0 unspecified atom stereocenters. The van der Waals surface area contributed by atoms with Crippen LogP contribution in [-0.4, -0.2) is 13.2 Å². The lowest BCUT2D eigenvalue weighted by Crippen LogP contribution is -2.25. The molecule has 0 aliphatic carbocycles. The van der Waals surface area contributed by atoms with Crippen molar-refractivity contribution in [3.63, 3.8) is 0 Å². The zero-order chi connectivity index (χ0) is 14.2. The van der Waals surface area contributed by atoms with E-state index in [9.17, 15) is 0 Å². The number of hydrogen-bond donors (Lipinski definition) is 1. The summed E-state index contributed by atoms with van der Waals surface area (Å²) in [6, 6.07) is 19.4. The van der Waals surface area contributed by atoms with Gasteiger partial charge < -0.3 is 10.1 Å². The summed E-state index contributed by atoms with van der Waals surface area (Å²) in [5, 5.41) is 3.56. The van der Waals surface area contributed by atoms with E-state index in [1.165, 1.54) is 11.1 Å². The fourth-order valence-electron chi connectivity index (χ4n) is 2.20. The van der Waals surface area contributed by atoms with E-state index in [1.807, 2.05) is 12.1 Å². The van der Waals surface area contributed by atoms with Crippen LogP contribution in [0.4, 0.5) is 0 Å². The van der Waals surface area contributed by atoms with Crippen molar-refractivity contribution in [1.82, 2.24) is 5.32 Å². The molecule has 1 N–H and O–H groups in total. The van der Waals surface area contributed by atoms with E-state index in [4.69, 9.17) is 4.74 Å². The molecule has 1 atom stereocenters. The van der Waals surface area contributed by atoms with Gasteiger partial charge in [0.25, 0.3) is 0 Å². The first-order valence-electron chi connectivity index (χ1n) is 7.18. The van der Waals surface area contributed by atoms with Crippen molar-refractivity contribution >= 4 is 0 Å². The highest BCUT2D eigenvalue weighted by atomic mass is 16.5. The van der Waals surface area contributed by atoms with Gasteiger partial charge in [-0.1, -0.05) is 42.5 Å². The SMILES string of the molecule is COc1cccc(CN[C@H](C)CCc2ccccc2)c1. The van der Waals surface area contributed by atoms with E-state index in [0.717, 1.165) is 25.1 Å². The lowest BCUT2D eigenvalue weighted by molar-refractivity contribution is 0.413. The highest BCUT2D eigenvalue weighted by Gasteiger charge is 2.03. The molecule has 0 aliphatic rings. The minimum absolute atomic E-state index is 0.501. The van der Waals surface area contributed by atoms with E-state index in [1.54, 1.807) is 7.11 Å². The number of rotatable bonds is 7. The van der Waals surface area contributed by atoms with Crippen molar-refractivity contribution in [1.29, 1.82) is 0 Å². The Bertz CT molecular complexity index is 510. The third-order valence-electron chi connectivity index (χ3n) is 3.50. The van der Waals surface area contributed by atoms with Gasteiger partial charge in [0.2, 0.25) is 0 Å². The van der Waals surface area contributed by atoms with Gasteiger partial charge in [-0.05, 0) is 43.0 Å². The van der Waals surface area contributed by atoms with Crippen LogP contribution >= 0.6 is 0 Å². The van der Waals surface area contributed by atoms with Gasteiger partial charge in [0.05, 0.1) is 7.11 Å². The monoisotopic (exact) mass is 269 g/mol. The second-order valence-electron chi connectivity index (χ2n) is 5.16. The zero-order valence-electron chi connectivity index (χ0n) is 12.3. The highest BCUT2D eigenvalue weighted by Crippen LogP contribution is 2.12. The van der Waals surface area contributed by atoms with Crippen LogP contribution < -0.4 is 10.1 Å². The Kier molecular flexibility index (Phi) is 5.63. The standard InChI is InChI=1S/C18H23NO/c1-15(11-12-16-7-4-3-5-8-16)19-14-17-9-6-10-18(13-17)20-2/h3-10,13,15,19H,11-12,14H2,1-2H3/t15-/m1/s1. The van der Waals surface area contributed by atoms with Gasteiger partial charge in [0.1, 0.15) is 5.75 Å². The van der Waals surface area contributed by atoms with Gasteiger partial charge in [-0.2, -0.15) is 0 Å². The van der Waals surface area contributed by atoms with Crippen LogP contribution in [0.25, 0.3) is 0 Å². The lowest BCUT2D eigenvalue weighted by Gasteiger charge is -2.14. The van der Waals surface area contributed by atoms with Crippen LogP contribution in [0.5, 0.6) is 5.75 Å². The first kappa shape index (κ1) is 14.6. The zero-order valence-corrected chi connectivity index (χ0v) is 12.3. The highest BCUT2D eigenvalue weighted by molar-refractivity contribution is 5.28. The molecule has 0 heterocycles. The van der Waals surface area contributed by atoms with Gasteiger partial charge in [0.15, 0.2) is 0 Å². The summed E-state index contributed by atoms with van der Waals surface area (Å²) in [5.74, 6) is 0.918. The summed E-state index contributed by atoms with van der Waals surface area (Å²) in [6.45, 7) is 3.12. The average molecular weight is 269 g/mol. The molecule has 2 heteroatoms. The molecule has 2 aromatic rings. The molecule has 0 spiro atoms. The lowest BCUT2D eigenvalue weighted by atomic mass is 10.1. The molecule has 0 radical (unpaired) electrons. The van der Waals surface area contributed by atoms with Crippen LogP contribution in [0.2, 0.25) is 0 Å². The number of hydrogen-bond acceptors (Lipinski definition) is 2. The van der Waals surface area contributed by atoms with E-state index in [-0.39, 0.29) is 0 Å². The molecule has 20 heavy (non-hydrogen) atoms. The maximum atomic E-state index is 5.24. The second-order valence-corrected chi connectivity index (χ2v) is 5.16. The Labute approximate surface area is 121 Å².